The van der Waals surface area contributed by atoms with Crippen LogP contribution in [0.1, 0.15) is 28.6 Å². The summed E-state index contributed by atoms with van der Waals surface area (Å²) in [7, 11) is 0. The molecule has 2 aromatic rings. The van der Waals surface area contributed by atoms with Crippen molar-refractivity contribution < 1.29 is 9.26 Å². The molecule has 2 rings (SSSR count). The van der Waals surface area contributed by atoms with E-state index in [1.807, 2.05) is 44.2 Å². The molecule has 90 valence electrons. The highest BCUT2D eigenvalue weighted by Gasteiger charge is 2.21. The molecule has 0 radical (unpaired) electrons. The Bertz CT molecular complexity index is 481. The second-order valence-corrected chi connectivity index (χ2v) is 4.60. The van der Waals surface area contributed by atoms with Crippen LogP contribution in [-0.4, -0.2) is 11.8 Å². The minimum atomic E-state index is 0.00501. The fourth-order valence-corrected chi connectivity index (χ4v) is 2.35. The Hall–Kier alpha value is -1.29. The summed E-state index contributed by atoms with van der Waals surface area (Å²) in [6.07, 6.45) is 0. The molecule has 0 amide bonds. The maximum atomic E-state index is 5.38. The zero-order valence-corrected chi connectivity index (χ0v) is 11.4. The normalized spacial score (nSPS) is 12.4. The average Bonchev–Trinajstić information content (AvgIpc) is 2.72. The maximum Gasteiger partial charge on any atom is 0.257 e. The number of benzene rings is 1. The first-order chi connectivity index (χ1) is 8.24. The molecule has 0 aliphatic heterocycles. The van der Waals surface area contributed by atoms with Crippen LogP contribution in [0.15, 0.2) is 34.9 Å². The molecule has 0 aliphatic carbocycles. The average molecular weight is 296 g/mol. The quantitative estimate of drug-likeness (QED) is 0.803. The molecule has 0 saturated carbocycles. The smallest absolute Gasteiger partial charge is 0.257 e. The lowest BCUT2D eigenvalue weighted by Crippen LogP contribution is -1.95. The predicted molar refractivity (Wildman–Crippen MR) is 69.6 cm³/mol. The summed E-state index contributed by atoms with van der Waals surface area (Å²) in [4.78, 5) is 0.00501. The topological polar surface area (TPSA) is 35.3 Å². The summed E-state index contributed by atoms with van der Waals surface area (Å²) in [5.74, 6) is 1.36. The summed E-state index contributed by atoms with van der Waals surface area (Å²) in [5.41, 5.74) is 2.08. The lowest BCUT2D eigenvalue weighted by atomic mass is 10.1. The Balaban J connectivity index is 2.28. The van der Waals surface area contributed by atoms with E-state index in [4.69, 9.17) is 9.26 Å². The SMILES string of the molecule is CCOc1noc(C(Br)c2ccccc2)c1C. The molecule has 3 nitrogen and oxygen atoms in total. The molecule has 0 fully saturated rings. The predicted octanol–water partition coefficient (Wildman–Crippen LogP) is 3.87. The number of hydrogen-bond donors (Lipinski definition) is 0. The lowest BCUT2D eigenvalue weighted by molar-refractivity contribution is 0.290. The van der Waals surface area contributed by atoms with Crippen molar-refractivity contribution in [3.63, 3.8) is 0 Å². The molecule has 4 heteroatoms. The van der Waals surface area contributed by atoms with Crippen molar-refractivity contribution in [3.8, 4) is 5.88 Å². The molecule has 0 aliphatic rings. The lowest BCUT2D eigenvalue weighted by Gasteiger charge is -2.07. The van der Waals surface area contributed by atoms with Crippen molar-refractivity contribution in [2.45, 2.75) is 18.7 Å². The van der Waals surface area contributed by atoms with Gasteiger partial charge in [0.2, 0.25) is 0 Å². The van der Waals surface area contributed by atoms with Crippen molar-refractivity contribution in [1.82, 2.24) is 5.16 Å². The van der Waals surface area contributed by atoms with Crippen LogP contribution in [0.3, 0.4) is 0 Å². The largest absolute Gasteiger partial charge is 0.476 e. The molecule has 1 aromatic heterocycles. The minimum Gasteiger partial charge on any atom is -0.476 e. The van der Waals surface area contributed by atoms with Crippen molar-refractivity contribution in [3.05, 3.63) is 47.2 Å². The monoisotopic (exact) mass is 295 g/mol. The van der Waals surface area contributed by atoms with E-state index in [2.05, 4.69) is 21.1 Å². The van der Waals surface area contributed by atoms with E-state index in [-0.39, 0.29) is 4.83 Å². The van der Waals surface area contributed by atoms with Gasteiger partial charge >= 0.3 is 0 Å². The van der Waals surface area contributed by atoms with Gasteiger partial charge < -0.3 is 9.26 Å². The van der Waals surface area contributed by atoms with Gasteiger partial charge in [0, 0.05) is 0 Å². The summed E-state index contributed by atoms with van der Waals surface area (Å²) in [6, 6.07) is 10.1. The van der Waals surface area contributed by atoms with Gasteiger partial charge in [0.1, 0.15) is 4.83 Å². The highest BCUT2D eigenvalue weighted by atomic mass is 79.9. The molecule has 17 heavy (non-hydrogen) atoms. The van der Waals surface area contributed by atoms with Crippen molar-refractivity contribution in [1.29, 1.82) is 0 Å². The zero-order valence-electron chi connectivity index (χ0n) is 9.81. The van der Waals surface area contributed by atoms with Gasteiger partial charge in [-0.1, -0.05) is 46.3 Å². The highest BCUT2D eigenvalue weighted by molar-refractivity contribution is 9.09. The number of alkyl halides is 1. The van der Waals surface area contributed by atoms with Crippen LogP contribution in [0.25, 0.3) is 0 Å². The maximum absolute atomic E-state index is 5.38. The summed E-state index contributed by atoms with van der Waals surface area (Å²) >= 11 is 3.62. The molecule has 0 bridgehead atoms. The molecule has 0 N–H and O–H groups in total. The summed E-state index contributed by atoms with van der Waals surface area (Å²) in [6.45, 7) is 4.47. The molecular formula is C13H14BrNO2. The fraction of sp³-hybridized carbons (Fsp3) is 0.308. The van der Waals surface area contributed by atoms with Gasteiger partial charge in [-0.2, -0.15) is 0 Å². The van der Waals surface area contributed by atoms with Crippen LogP contribution < -0.4 is 4.74 Å². The molecule has 0 saturated heterocycles. The number of aromatic nitrogens is 1. The molecule has 0 spiro atoms. The van der Waals surface area contributed by atoms with Crippen LogP contribution in [0, 0.1) is 6.92 Å². The van der Waals surface area contributed by atoms with Gasteiger partial charge in [-0.15, -0.1) is 0 Å². The number of halogens is 1. The second-order valence-electron chi connectivity index (χ2n) is 3.68. The number of hydrogen-bond acceptors (Lipinski definition) is 3. The van der Waals surface area contributed by atoms with Crippen molar-refractivity contribution >= 4 is 15.9 Å². The first kappa shape index (κ1) is 12.2. The minimum absolute atomic E-state index is 0.00501. The van der Waals surface area contributed by atoms with E-state index < -0.39 is 0 Å². The Morgan fingerprint density at radius 2 is 2.06 bits per heavy atom. The number of nitrogens with zero attached hydrogens (tertiary/aromatic N) is 1. The van der Waals surface area contributed by atoms with Crippen LogP contribution in [-0.2, 0) is 0 Å². The van der Waals surface area contributed by atoms with Gasteiger partial charge in [-0.25, -0.2) is 0 Å². The van der Waals surface area contributed by atoms with Crippen molar-refractivity contribution in [2.24, 2.45) is 0 Å². The summed E-state index contributed by atoms with van der Waals surface area (Å²) in [5, 5.41) is 3.92. The van der Waals surface area contributed by atoms with Crippen LogP contribution in [0.5, 0.6) is 5.88 Å². The van der Waals surface area contributed by atoms with E-state index in [0.29, 0.717) is 12.5 Å². The zero-order chi connectivity index (χ0) is 12.3. The summed E-state index contributed by atoms with van der Waals surface area (Å²) < 4.78 is 10.7. The molecule has 1 aromatic carbocycles. The standard InChI is InChI=1S/C13H14BrNO2/c1-3-16-13-9(2)12(17-15-13)11(14)10-7-5-4-6-8-10/h4-8,11H,3H2,1-2H3. The van der Waals surface area contributed by atoms with Gasteiger partial charge in [-0.05, 0) is 24.6 Å². The highest BCUT2D eigenvalue weighted by Crippen LogP contribution is 2.35. The first-order valence-electron chi connectivity index (χ1n) is 5.52. The van der Waals surface area contributed by atoms with E-state index >= 15 is 0 Å². The van der Waals surface area contributed by atoms with Gasteiger partial charge in [0.05, 0.1) is 12.2 Å². The van der Waals surface area contributed by atoms with E-state index in [9.17, 15) is 0 Å². The number of rotatable bonds is 4. The number of ether oxygens (including phenoxy) is 1. The Kier molecular flexibility index (Phi) is 3.84. The van der Waals surface area contributed by atoms with Crippen LogP contribution >= 0.6 is 15.9 Å². The third-order valence-corrected chi connectivity index (χ3v) is 3.47. The van der Waals surface area contributed by atoms with E-state index in [1.54, 1.807) is 0 Å². The molecule has 1 atom stereocenters. The Morgan fingerprint density at radius 3 is 2.71 bits per heavy atom. The Labute approximate surface area is 109 Å². The third kappa shape index (κ3) is 2.52. The van der Waals surface area contributed by atoms with Gasteiger partial charge in [-0.3, -0.25) is 0 Å². The van der Waals surface area contributed by atoms with Gasteiger partial charge in [0.15, 0.2) is 5.76 Å². The van der Waals surface area contributed by atoms with Crippen LogP contribution in [0.4, 0.5) is 0 Å². The fourth-order valence-electron chi connectivity index (χ4n) is 1.61. The van der Waals surface area contributed by atoms with E-state index in [0.717, 1.165) is 16.9 Å². The first-order valence-corrected chi connectivity index (χ1v) is 6.43. The van der Waals surface area contributed by atoms with Gasteiger partial charge in [0.25, 0.3) is 5.88 Å². The van der Waals surface area contributed by atoms with Crippen LogP contribution in [0.2, 0.25) is 0 Å². The molecular weight excluding hydrogens is 282 g/mol. The Morgan fingerprint density at radius 1 is 1.35 bits per heavy atom. The second kappa shape index (κ2) is 5.36. The molecule has 1 heterocycles. The van der Waals surface area contributed by atoms with Crippen molar-refractivity contribution in [2.75, 3.05) is 6.61 Å². The van der Waals surface area contributed by atoms with E-state index in [1.165, 1.54) is 0 Å². The third-order valence-electron chi connectivity index (χ3n) is 2.52. The molecule has 1 unspecified atom stereocenters.